The number of carbonyl (C=O) groups excluding carboxylic acids is 1. The molecule has 0 radical (unpaired) electrons. The molecule has 0 bridgehead atoms. The first-order chi connectivity index (χ1) is 7.29. The molecule has 0 saturated heterocycles. The number of aromatic amines is 1. The average Bonchev–Trinajstić information content (AvgIpc) is 2.29. The maximum atomic E-state index is 11.1. The van der Waals surface area contributed by atoms with Crippen LogP contribution in [0, 0.1) is 0 Å². The van der Waals surface area contributed by atoms with Gasteiger partial charge in [0, 0.05) is 17.8 Å². The maximum absolute atomic E-state index is 11.1. The van der Waals surface area contributed by atoms with Crippen LogP contribution in [0.2, 0.25) is 0 Å². The largest absolute Gasteiger partial charge is 0.329 e. The van der Waals surface area contributed by atoms with Crippen LogP contribution in [-0.4, -0.2) is 11.3 Å². The summed E-state index contributed by atoms with van der Waals surface area (Å²) in [5.41, 5.74) is 2.13. The fraction of sp³-hybridized carbons (Fsp3) is 0. The molecule has 0 aliphatic carbocycles. The smallest absolute Gasteiger partial charge is 0.248 e. The van der Waals surface area contributed by atoms with Gasteiger partial charge >= 0.3 is 0 Å². The second-order valence-corrected chi connectivity index (χ2v) is 3.18. The Balaban J connectivity index is 2.53. The van der Waals surface area contributed by atoms with E-state index < -0.39 is 0 Å². The zero-order valence-corrected chi connectivity index (χ0v) is 7.94. The summed E-state index contributed by atoms with van der Waals surface area (Å²) in [5, 5.41) is 0. The monoisotopic (exact) mass is 199 g/mol. The lowest BCUT2D eigenvalue weighted by molar-refractivity contribution is 0.112. The quantitative estimate of drug-likeness (QED) is 0.750. The molecule has 0 amide bonds. The highest BCUT2D eigenvalue weighted by atomic mass is 16.1. The summed E-state index contributed by atoms with van der Waals surface area (Å²) < 4.78 is 0. The number of benzene rings is 1. The minimum absolute atomic E-state index is 0.149. The van der Waals surface area contributed by atoms with Gasteiger partial charge in [0.15, 0.2) is 0 Å². The highest BCUT2D eigenvalue weighted by Gasteiger charge is 1.98. The highest BCUT2D eigenvalue weighted by Crippen LogP contribution is 2.17. The number of rotatable bonds is 2. The first kappa shape index (κ1) is 9.40. The third-order valence-corrected chi connectivity index (χ3v) is 2.13. The molecule has 0 aliphatic heterocycles. The van der Waals surface area contributed by atoms with Crippen molar-refractivity contribution in [1.82, 2.24) is 4.98 Å². The summed E-state index contributed by atoms with van der Waals surface area (Å²) in [6, 6.07) is 10.4. The van der Waals surface area contributed by atoms with Crippen molar-refractivity contribution in [3.8, 4) is 11.1 Å². The zero-order valence-electron chi connectivity index (χ0n) is 7.94. The number of pyridine rings is 1. The topological polar surface area (TPSA) is 49.9 Å². The summed E-state index contributed by atoms with van der Waals surface area (Å²) in [4.78, 5) is 24.2. The number of nitrogens with one attached hydrogen (secondary N) is 1. The molecular weight excluding hydrogens is 190 g/mol. The normalized spacial score (nSPS) is 9.87. The van der Waals surface area contributed by atoms with Gasteiger partial charge in [-0.15, -0.1) is 0 Å². The molecule has 1 aromatic heterocycles. The zero-order chi connectivity index (χ0) is 10.7. The number of aromatic nitrogens is 1. The Kier molecular flexibility index (Phi) is 2.46. The Labute approximate surface area is 86.4 Å². The standard InChI is InChI=1S/C12H9NO2/c14-8-9-2-1-3-10(6-9)11-4-5-13-12(15)7-11/h1-8H,(H,13,15). The maximum Gasteiger partial charge on any atom is 0.248 e. The summed E-state index contributed by atoms with van der Waals surface area (Å²) in [6.07, 6.45) is 2.38. The van der Waals surface area contributed by atoms with E-state index in [2.05, 4.69) is 4.98 Å². The first-order valence-corrected chi connectivity index (χ1v) is 4.54. The van der Waals surface area contributed by atoms with Crippen LogP contribution in [-0.2, 0) is 0 Å². The Hall–Kier alpha value is -2.16. The Morgan fingerprint density at radius 1 is 1.07 bits per heavy atom. The second-order valence-electron chi connectivity index (χ2n) is 3.18. The van der Waals surface area contributed by atoms with Crippen molar-refractivity contribution in [3.63, 3.8) is 0 Å². The van der Waals surface area contributed by atoms with Gasteiger partial charge < -0.3 is 4.98 Å². The van der Waals surface area contributed by atoms with Crippen molar-refractivity contribution in [1.29, 1.82) is 0 Å². The number of carbonyl (C=O) groups is 1. The fourth-order valence-electron chi connectivity index (χ4n) is 1.42. The van der Waals surface area contributed by atoms with Crippen LogP contribution in [0.4, 0.5) is 0 Å². The van der Waals surface area contributed by atoms with Gasteiger partial charge in [0.05, 0.1) is 0 Å². The molecule has 0 fully saturated rings. The van der Waals surface area contributed by atoms with Gasteiger partial charge in [0.1, 0.15) is 6.29 Å². The van der Waals surface area contributed by atoms with Crippen molar-refractivity contribution in [3.05, 3.63) is 58.5 Å². The minimum Gasteiger partial charge on any atom is -0.329 e. The summed E-state index contributed by atoms with van der Waals surface area (Å²) in [6.45, 7) is 0. The lowest BCUT2D eigenvalue weighted by atomic mass is 10.1. The van der Waals surface area contributed by atoms with E-state index in [9.17, 15) is 9.59 Å². The molecule has 0 saturated carbocycles. The molecule has 3 heteroatoms. The number of H-pyrrole nitrogens is 1. The van der Waals surface area contributed by atoms with E-state index in [1.165, 1.54) is 6.07 Å². The molecule has 15 heavy (non-hydrogen) atoms. The highest BCUT2D eigenvalue weighted by molar-refractivity contribution is 5.78. The predicted octanol–water partition coefficient (Wildman–Crippen LogP) is 1.85. The molecule has 1 N–H and O–H groups in total. The van der Waals surface area contributed by atoms with Gasteiger partial charge in [-0.25, -0.2) is 0 Å². The second kappa shape index (κ2) is 3.92. The molecule has 2 rings (SSSR count). The van der Waals surface area contributed by atoms with Crippen molar-refractivity contribution in [2.75, 3.05) is 0 Å². The molecule has 0 unspecified atom stereocenters. The van der Waals surface area contributed by atoms with E-state index in [1.807, 2.05) is 6.07 Å². The lowest BCUT2D eigenvalue weighted by Gasteiger charge is -2.00. The number of hydrogen-bond donors (Lipinski definition) is 1. The Bertz CT molecular complexity index is 543. The average molecular weight is 199 g/mol. The van der Waals surface area contributed by atoms with E-state index in [1.54, 1.807) is 30.5 Å². The van der Waals surface area contributed by atoms with Gasteiger partial charge in [-0.2, -0.15) is 0 Å². The summed E-state index contributed by atoms with van der Waals surface area (Å²) in [7, 11) is 0. The van der Waals surface area contributed by atoms with Crippen LogP contribution in [0.1, 0.15) is 10.4 Å². The molecule has 74 valence electrons. The molecule has 0 atom stereocenters. The predicted molar refractivity (Wildman–Crippen MR) is 57.9 cm³/mol. The Morgan fingerprint density at radius 2 is 1.87 bits per heavy atom. The molecule has 2 aromatic rings. The number of aldehydes is 1. The molecule has 0 spiro atoms. The molecule has 1 heterocycles. The Morgan fingerprint density at radius 3 is 2.60 bits per heavy atom. The van der Waals surface area contributed by atoms with Crippen LogP contribution in [0.3, 0.4) is 0 Å². The molecule has 3 nitrogen and oxygen atoms in total. The SMILES string of the molecule is O=Cc1cccc(-c2cc[nH]c(=O)c2)c1. The van der Waals surface area contributed by atoms with Crippen LogP contribution in [0.25, 0.3) is 11.1 Å². The van der Waals surface area contributed by atoms with Crippen molar-refractivity contribution >= 4 is 6.29 Å². The number of hydrogen-bond acceptors (Lipinski definition) is 2. The third-order valence-electron chi connectivity index (χ3n) is 2.13. The van der Waals surface area contributed by atoms with Gasteiger partial charge in [0.25, 0.3) is 0 Å². The van der Waals surface area contributed by atoms with E-state index in [0.29, 0.717) is 5.56 Å². The first-order valence-electron chi connectivity index (χ1n) is 4.54. The van der Waals surface area contributed by atoms with E-state index in [0.717, 1.165) is 17.4 Å². The van der Waals surface area contributed by atoms with E-state index in [4.69, 9.17) is 0 Å². The van der Waals surface area contributed by atoms with Crippen LogP contribution < -0.4 is 5.56 Å². The van der Waals surface area contributed by atoms with Crippen molar-refractivity contribution in [2.45, 2.75) is 0 Å². The lowest BCUT2D eigenvalue weighted by Crippen LogP contribution is -2.02. The summed E-state index contributed by atoms with van der Waals surface area (Å²) in [5.74, 6) is 0. The van der Waals surface area contributed by atoms with Crippen LogP contribution in [0.5, 0.6) is 0 Å². The van der Waals surface area contributed by atoms with Crippen molar-refractivity contribution < 1.29 is 4.79 Å². The molecule has 0 aliphatic rings. The van der Waals surface area contributed by atoms with Gasteiger partial charge in [-0.3, -0.25) is 9.59 Å². The van der Waals surface area contributed by atoms with Gasteiger partial charge in [-0.05, 0) is 23.3 Å². The van der Waals surface area contributed by atoms with E-state index >= 15 is 0 Å². The molecular formula is C12H9NO2. The molecule has 1 aromatic carbocycles. The van der Waals surface area contributed by atoms with Gasteiger partial charge in [-0.1, -0.05) is 18.2 Å². The minimum atomic E-state index is -0.149. The van der Waals surface area contributed by atoms with E-state index in [-0.39, 0.29) is 5.56 Å². The van der Waals surface area contributed by atoms with Gasteiger partial charge in [0.2, 0.25) is 5.56 Å². The summed E-state index contributed by atoms with van der Waals surface area (Å²) >= 11 is 0. The fourth-order valence-corrected chi connectivity index (χ4v) is 1.42. The third kappa shape index (κ3) is 2.02. The van der Waals surface area contributed by atoms with Crippen LogP contribution >= 0.6 is 0 Å². The van der Waals surface area contributed by atoms with Crippen molar-refractivity contribution in [2.24, 2.45) is 0 Å². The van der Waals surface area contributed by atoms with Crippen LogP contribution in [0.15, 0.2) is 47.4 Å².